The summed E-state index contributed by atoms with van der Waals surface area (Å²) in [6.45, 7) is 0. The van der Waals surface area contributed by atoms with Gasteiger partial charge in [-0.05, 0) is 48.5 Å². The molecule has 4 aromatic carbocycles. The second-order valence-electron chi connectivity index (χ2n) is 6.11. The number of benzene rings is 2. The largest absolute Gasteiger partial charge is 0.680 e. The number of phenolic OH excluding ortho intramolecular Hbond substituents is 2. The predicted octanol–water partition coefficient (Wildman–Crippen LogP) is 4.66. The maximum atomic E-state index is 11.5. The van der Waals surface area contributed by atoms with Crippen LogP contribution in [0.1, 0.15) is 20.7 Å². The van der Waals surface area contributed by atoms with Gasteiger partial charge in [0.15, 0.2) is 0 Å². The van der Waals surface area contributed by atoms with Crippen molar-refractivity contribution in [3.8, 4) is 23.0 Å². The first-order valence-electron chi connectivity index (χ1n) is 8.97. The Morgan fingerprint density at radius 2 is 1.13 bits per heavy atom. The molecule has 0 spiro atoms. The first-order valence-corrected chi connectivity index (χ1v) is 8.97. The van der Waals surface area contributed by atoms with Gasteiger partial charge in [0.25, 0.3) is 5.97 Å². The third-order valence-corrected chi connectivity index (χ3v) is 3.89. The van der Waals surface area contributed by atoms with Crippen LogP contribution in [-0.4, -0.2) is 22.2 Å². The van der Waals surface area contributed by atoms with Gasteiger partial charge in [0, 0.05) is 17.1 Å². The minimum atomic E-state index is -0.398. The van der Waals surface area contributed by atoms with Crippen molar-refractivity contribution in [2.45, 2.75) is 0 Å². The van der Waals surface area contributed by atoms with E-state index < -0.39 is 11.9 Å². The van der Waals surface area contributed by atoms with Crippen LogP contribution in [0.2, 0.25) is 0 Å². The molecular formula is C24H18FeO6-6. The third kappa shape index (κ3) is 7.19. The second-order valence-corrected chi connectivity index (χ2v) is 6.11. The molecule has 7 heteroatoms. The Hall–Kier alpha value is -3.80. The fourth-order valence-corrected chi connectivity index (χ4v) is 2.38. The zero-order valence-electron chi connectivity index (χ0n) is 16.1. The van der Waals surface area contributed by atoms with Crippen LogP contribution in [0.5, 0.6) is 23.0 Å². The molecule has 0 amide bonds. The van der Waals surface area contributed by atoms with E-state index in [1.54, 1.807) is 48.5 Å². The molecule has 2 N–H and O–H groups in total. The molecule has 4 aromatic rings. The number of hydrogen-bond donors (Lipinski definition) is 2. The van der Waals surface area contributed by atoms with Gasteiger partial charge in [0.1, 0.15) is 17.2 Å². The van der Waals surface area contributed by atoms with Gasteiger partial charge in [0.05, 0.1) is 5.75 Å². The first-order chi connectivity index (χ1) is 14.5. The Bertz CT molecular complexity index is 977. The van der Waals surface area contributed by atoms with Crippen molar-refractivity contribution in [1.29, 1.82) is 0 Å². The Morgan fingerprint density at radius 1 is 0.710 bits per heavy atom. The second kappa shape index (κ2) is 11.4. The van der Waals surface area contributed by atoms with E-state index in [0.717, 1.165) is 0 Å². The summed E-state index contributed by atoms with van der Waals surface area (Å²) in [4.78, 5) is 23.0. The van der Waals surface area contributed by atoms with Crippen molar-refractivity contribution in [2.24, 2.45) is 0 Å². The molecule has 0 saturated carbocycles. The Kier molecular flexibility index (Phi) is 8.64. The van der Waals surface area contributed by atoms with E-state index in [9.17, 15) is 9.59 Å². The summed E-state index contributed by atoms with van der Waals surface area (Å²) >= 11 is 0. The number of carbonyl (C=O) groups excluding carboxylic acids is 2. The van der Waals surface area contributed by atoms with Crippen LogP contribution < -0.4 is 9.47 Å². The smallest absolute Gasteiger partial charge is 0.286 e. The molecule has 0 aliphatic carbocycles. The quantitative estimate of drug-likeness (QED) is 0.200. The standard InChI is InChI=1S/2C12H9O3.Fe/c2*13-10-5-7-11(8-6-10)15-12(14)9-3-1-2-4-9;/h2*1-8,13H;/q-5;-1;. The molecule has 0 radical (unpaired) electrons. The van der Waals surface area contributed by atoms with Crippen LogP contribution in [0.25, 0.3) is 0 Å². The molecule has 0 saturated heterocycles. The van der Waals surface area contributed by atoms with E-state index >= 15 is 0 Å². The minimum Gasteiger partial charge on any atom is -0.680 e. The van der Waals surface area contributed by atoms with E-state index in [0.29, 0.717) is 22.6 Å². The molecule has 0 aromatic heterocycles. The van der Waals surface area contributed by atoms with Crippen molar-refractivity contribution in [2.75, 3.05) is 0 Å². The van der Waals surface area contributed by atoms with E-state index in [4.69, 9.17) is 19.7 Å². The molecule has 4 rings (SSSR count). The van der Waals surface area contributed by atoms with Crippen LogP contribution in [-0.2, 0) is 17.1 Å². The van der Waals surface area contributed by atoms with E-state index in [1.165, 1.54) is 48.5 Å². The molecule has 0 aliphatic rings. The van der Waals surface area contributed by atoms with E-state index in [-0.39, 0.29) is 28.6 Å². The molecule has 0 bridgehead atoms. The monoisotopic (exact) mass is 458 g/mol. The van der Waals surface area contributed by atoms with Gasteiger partial charge in [-0.2, -0.15) is 12.1 Å². The number of hydrogen-bond acceptors (Lipinski definition) is 6. The molecule has 31 heavy (non-hydrogen) atoms. The average Bonchev–Trinajstić information content (AvgIpc) is 3.46. The summed E-state index contributed by atoms with van der Waals surface area (Å²) in [5.74, 6) is 0.320. The molecule has 0 aliphatic heterocycles. The number of phenols is 2. The van der Waals surface area contributed by atoms with E-state index in [1.807, 2.05) is 0 Å². The Balaban J connectivity index is 0.000000213. The minimum absolute atomic E-state index is 0. The number of rotatable bonds is 4. The van der Waals surface area contributed by atoms with Crippen LogP contribution in [0.15, 0.2) is 97.1 Å². The molecule has 6 nitrogen and oxygen atoms in total. The SMILES string of the molecule is O=C(Oc1ccc(O)cc1)[c-]1[cH-][cH-][cH-][cH-]1.O=C(Oc1ccc(O)cc1)[c-]1cccc1.[Fe]. The molecule has 0 fully saturated rings. The van der Waals surface area contributed by atoms with Gasteiger partial charge in [-0.1, -0.05) is 11.5 Å². The van der Waals surface area contributed by atoms with Crippen LogP contribution in [0.4, 0.5) is 0 Å². The van der Waals surface area contributed by atoms with Crippen LogP contribution >= 0.6 is 0 Å². The van der Waals surface area contributed by atoms with Crippen molar-refractivity contribution in [1.82, 2.24) is 0 Å². The van der Waals surface area contributed by atoms with Gasteiger partial charge >= 0.3 is 0 Å². The van der Waals surface area contributed by atoms with Gasteiger partial charge in [-0.15, -0.1) is 0 Å². The Labute approximate surface area is 189 Å². The summed E-state index contributed by atoms with van der Waals surface area (Å²) in [5, 5.41) is 18.1. The van der Waals surface area contributed by atoms with Crippen molar-refractivity contribution < 1.29 is 46.3 Å². The average molecular weight is 458 g/mol. The van der Waals surface area contributed by atoms with Gasteiger partial charge in [-0.25, -0.2) is 12.1 Å². The van der Waals surface area contributed by atoms with Gasteiger partial charge < -0.3 is 54.3 Å². The van der Waals surface area contributed by atoms with Crippen molar-refractivity contribution in [3.05, 3.63) is 108 Å². The normalized spacial score (nSPS) is 9.55. The number of aromatic hydroxyl groups is 2. The molecular weight excluding hydrogens is 440 g/mol. The van der Waals surface area contributed by atoms with Gasteiger partial charge in [0.2, 0.25) is 0 Å². The Morgan fingerprint density at radius 3 is 1.58 bits per heavy atom. The summed E-state index contributed by atoms with van der Waals surface area (Å²) in [5.41, 5.74) is 1.03. The molecule has 0 unspecified atom stereocenters. The summed E-state index contributed by atoms with van der Waals surface area (Å²) in [6.07, 6.45) is 0. The third-order valence-electron chi connectivity index (χ3n) is 3.89. The summed E-state index contributed by atoms with van der Waals surface area (Å²) < 4.78 is 10.1. The predicted molar refractivity (Wildman–Crippen MR) is 110 cm³/mol. The van der Waals surface area contributed by atoms with Crippen LogP contribution in [0.3, 0.4) is 0 Å². The van der Waals surface area contributed by atoms with Crippen LogP contribution in [0, 0.1) is 0 Å². The topological polar surface area (TPSA) is 93.1 Å². The van der Waals surface area contributed by atoms with Crippen molar-refractivity contribution in [3.63, 3.8) is 0 Å². The molecule has 0 heterocycles. The fourth-order valence-electron chi connectivity index (χ4n) is 2.38. The number of ether oxygens (including phenoxy) is 2. The number of carbonyl (C=O) groups is 2. The van der Waals surface area contributed by atoms with Crippen molar-refractivity contribution >= 4 is 11.9 Å². The van der Waals surface area contributed by atoms with Gasteiger partial charge in [-0.3, -0.25) is 4.79 Å². The maximum absolute atomic E-state index is 11.5. The first kappa shape index (κ1) is 23.5. The molecule has 164 valence electrons. The molecule has 0 atom stereocenters. The zero-order chi connectivity index (χ0) is 21.3. The number of esters is 2. The fraction of sp³-hybridized carbons (Fsp3) is 0. The summed E-state index contributed by atoms with van der Waals surface area (Å²) in [6, 6.07) is 25.8. The van der Waals surface area contributed by atoms with E-state index in [2.05, 4.69) is 0 Å². The maximum Gasteiger partial charge on any atom is 0.286 e. The summed E-state index contributed by atoms with van der Waals surface area (Å²) in [7, 11) is 0. The zero-order valence-corrected chi connectivity index (χ0v) is 17.2.